The van der Waals surface area contributed by atoms with Gasteiger partial charge in [-0.2, -0.15) is 0 Å². The normalized spacial score (nSPS) is 17.5. The number of benzene rings is 1. The fraction of sp³-hybridized carbons (Fsp3) is 0.625. The van der Waals surface area contributed by atoms with Crippen molar-refractivity contribution in [2.24, 2.45) is 5.92 Å². The molecule has 0 aromatic heterocycles. The van der Waals surface area contributed by atoms with E-state index in [9.17, 15) is 0 Å². The second kappa shape index (κ2) is 8.16. The third-order valence-corrected chi connectivity index (χ3v) is 3.43. The maximum atomic E-state index is 8.76. The van der Waals surface area contributed by atoms with Crippen molar-refractivity contribution in [2.45, 2.75) is 58.8 Å². The topological polar surface area (TPSA) is 20.2 Å². The predicted octanol–water partition coefficient (Wildman–Crippen LogP) is 5.07. The highest BCUT2D eigenvalue weighted by Crippen LogP contribution is 2.20. The molecule has 1 saturated carbocycles. The van der Waals surface area contributed by atoms with Gasteiger partial charge < -0.3 is 5.11 Å². The summed E-state index contributed by atoms with van der Waals surface area (Å²) in [7, 11) is 0. The Morgan fingerprint density at radius 2 is 1.35 bits per heavy atom. The lowest BCUT2D eigenvalue weighted by Crippen LogP contribution is -1.97. The summed E-state index contributed by atoms with van der Waals surface area (Å²) >= 11 is 0. The van der Waals surface area contributed by atoms with E-state index in [2.05, 4.69) is 6.92 Å². The summed E-state index contributed by atoms with van der Waals surface area (Å²) in [6, 6.07) is 7.09. The first-order valence-corrected chi connectivity index (χ1v) is 6.94. The number of hydrogen-bond acceptors (Lipinski definition) is 1. The Labute approximate surface area is 106 Å². The Hall–Kier alpha value is -0.980. The van der Waals surface area contributed by atoms with Crippen molar-refractivity contribution in [2.75, 3.05) is 0 Å². The van der Waals surface area contributed by atoms with Crippen LogP contribution < -0.4 is 0 Å². The van der Waals surface area contributed by atoms with E-state index in [0.29, 0.717) is 5.75 Å². The van der Waals surface area contributed by atoms with Crippen LogP contribution in [0.5, 0.6) is 5.75 Å². The second-order valence-electron chi connectivity index (χ2n) is 5.29. The number of phenolic OH excluding ortho intramolecular Hbond substituents is 1. The van der Waals surface area contributed by atoms with Gasteiger partial charge in [-0.05, 0) is 25.0 Å². The lowest BCUT2D eigenvalue weighted by Gasteiger charge is -2.13. The van der Waals surface area contributed by atoms with Crippen LogP contribution in [0.2, 0.25) is 0 Å². The van der Waals surface area contributed by atoms with Crippen LogP contribution in [0.15, 0.2) is 24.3 Å². The van der Waals surface area contributed by atoms with E-state index in [-0.39, 0.29) is 0 Å². The third kappa shape index (κ3) is 7.04. The monoisotopic (exact) mass is 234 g/mol. The van der Waals surface area contributed by atoms with Gasteiger partial charge in [-0.3, -0.25) is 0 Å². The van der Waals surface area contributed by atoms with Crippen molar-refractivity contribution in [3.05, 3.63) is 29.8 Å². The largest absolute Gasteiger partial charge is 0.508 e. The molecule has 1 aromatic carbocycles. The molecule has 0 radical (unpaired) electrons. The van der Waals surface area contributed by atoms with Crippen LogP contribution in [0.4, 0.5) is 0 Å². The first-order valence-electron chi connectivity index (χ1n) is 6.94. The molecule has 0 unspecified atom stereocenters. The average molecular weight is 234 g/mol. The van der Waals surface area contributed by atoms with E-state index in [0.717, 1.165) is 5.92 Å². The number of aryl methyl sites for hydroxylation is 1. The van der Waals surface area contributed by atoms with Gasteiger partial charge >= 0.3 is 0 Å². The molecule has 17 heavy (non-hydrogen) atoms. The van der Waals surface area contributed by atoms with Crippen LogP contribution in [0, 0.1) is 12.8 Å². The number of hydrogen-bond donors (Lipinski definition) is 1. The van der Waals surface area contributed by atoms with Crippen LogP contribution in [0.3, 0.4) is 0 Å². The van der Waals surface area contributed by atoms with Crippen LogP contribution in [-0.2, 0) is 0 Å². The van der Waals surface area contributed by atoms with Crippen molar-refractivity contribution in [1.29, 1.82) is 0 Å². The third-order valence-electron chi connectivity index (χ3n) is 3.43. The minimum Gasteiger partial charge on any atom is -0.508 e. The van der Waals surface area contributed by atoms with Crippen LogP contribution in [0.25, 0.3) is 0 Å². The highest BCUT2D eigenvalue weighted by molar-refractivity contribution is 5.24. The van der Waals surface area contributed by atoms with Crippen LogP contribution in [-0.4, -0.2) is 5.11 Å². The summed E-state index contributed by atoms with van der Waals surface area (Å²) < 4.78 is 0. The highest BCUT2D eigenvalue weighted by Gasteiger charge is 2.04. The molecular formula is C16H26O. The Kier molecular flexibility index (Phi) is 6.76. The minimum atomic E-state index is 0.329. The zero-order valence-electron chi connectivity index (χ0n) is 11.3. The Morgan fingerprint density at radius 1 is 0.882 bits per heavy atom. The molecule has 1 fully saturated rings. The molecule has 96 valence electrons. The molecule has 1 aliphatic rings. The fourth-order valence-electron chi connectivity index (χ4n) is 2.21. The summed E-state index contributed by atoms with van der Waals surface area (Å²) in [6.07, 6.45) is 10.4. The summed E-state index contributed by atoms with van der Waals surface area (Å²) in [4.78, 5) is 0. The molecule has 1 aliphatic carbocycles. The second-order valence-corrected chi connectivity index (χ2v) is 5.29. The fourth-order valence-corrected chi connectivity index (χ4v) is 2.21. The van der Waals surface area contributed by atoms with Gasteiger partial charge in [0.15, 0.2) is 0 Å². The zero-order valence-corrected chi connectivity index (χ0v) is 11.3. The summed E-state index contributed by atoms with van der Waals surface area (Å²) in [6.45, 7) is 4.38. The van der Waals surface area contributed by atoms with Gasteiger partial charge in [-0.15, -0.1) is 0 Å². The van der Waals surface area contributed by atoms with Gasteiger partial charge in [0.2, 0.25) is 0 Å². The van der Waals surface area contributed by atoms with Crippen LogP contribution in [0.1, 0.15) is 57.4 Å². The van der Waals surface area contributed by atoms with Gasteiger partial charge in [0.25, 0.3) is 0 Å². The van der Waals surface area contributed by atoms with Gasteiger partial charge in [0.1, 0.15) is 5.75 Å². The number of aromatic hydroxyl groups is 1. The standard InChI is InChI=1S/C9H18.C7H8O/c1-9-7-5-3-2-4-6-8-9;1-6-2-4-7(8)5-3-6/h9H,2-8H2,1H3;2-5,8H,1H3. The summed E-state index contributed by atoms with van der Waals surface area (Å²) in [5.74, 6) is 1.35. The smallest absolute Gasteiger partial charge is 0.115 e. The summed E-state index contributed by atoms with van der Waals surface area (Å²) in [5.41, 5.74) is 1.17. The molecule has 1 aromatic rings. The minimum absolute atomic E-state index is 0.329. The quantitative estimate of drug-likeness (QED) is 0.664. The molecule has 1 heteroatoms. The van der Waals surface area contributed by atoms with E-state index in [1.807, 2.05) is 19.1 Å². The summed E-state index contributed by atoms with van der Waals surface area (Å²) in [5, 5.41) is 8.76. The Balaban J connectivity index is 0.000000171. The molecule has 0 bridgehead atoms. The maximum absolute atomic E-state index is 8.76. The molecule has 0 spiro atoms. The van der Waals surface area contributed by atoms with E-state index >= 15 is 0 Å². The van der Waals surface area contributed by atoms with Crippen molar-refractivity contribution in [3.63, 3.8) is 0 Å². The lowest BCUT2D eigenvalue weighted by atomic mass is 9.93. The van der Waals surface area contributed by atoms with E-state index in [1.54, 1.807) is 12.1 Å². The first kappa shape index (κ1) is 14.1. The van der Waals surface area contributed by atoms with Crippen molar-refractivity contribution >= 4 is 0 Å². The van der Waals surface area contributed by atoms with Crippen LogP contribution >= 0.6 is 0 Å². The molecule has 1 nitrogen and oxygen atoms in total. The van der Waals surface area contributed by atoms with Gasteiger partial charge in [-0.1, -0.05) is 69.6 Å². The number of rotatable bonds is 0. The van der Waals surface area contributed by atoms with Gasteiger partial charge in [0, 0.05) is 0 Å². The van der Waals surface area contributed by atoms with Gasteiger partial charge in [-0.25, -0.2) is 0 Å². The van der Waals surface area contributed by atoms with Gasteiger partial charge in [0.05, 0.1) is 0 Å². The average Bonchev–Trinajstić information content (AvgIpc) is 2.29. The molecule has 0 saturated heterocycles. The molecular weight excluding hydrogens is 208 g/mol. The van der Waals surface area contributed by atoms with E-state index in [4.69, 9.17) is 5.11 Å². The van der Waals surface area contributed by atoms with Crippen molar-refractivity contribution in [1.82, 2.24) is 0 Å². The molecule has 1 N–H and O–H groups in total. The maximum Gasteiger partial charge on any atom is 0.115 e. The van der Waals surface area contributed by atoms with E-state index in [1.165, 1.54) is 50.5 Å². The molecule has 2 rings (SSSR count). The SMILES string of the molecule is CC1CCCCCCC1.Cc1ccc(O)cc1. The highest BCUT2D eigenvalue weighted by atomic mass is 16.3. The van der Waals surface area contributed by atoms with E-state index < -0.39 is 0 Å². The Morgan fingerprint density at radius 3 is 1.82 bits per heavy atom. The van der Waals surface area contributed by atoms with Crippen molar-refractivity contribution < 1.29 is 5.11 Å². The lowest BCUT2D eigenvalue weighted by molar-refractivity contribution is 0.404. The first-order chi connectivity index (χ1) is 8.18. The zero-order chi connectivity index (χ0) is 12.5. The molecule has 0 aliphatic heterocycles. The number of phenols is 1. The molecule has 0 heterocycles. The Bertz CT molecular complexity index is 260. The molecule has 0 atom stereocenters. The molecule has 0 amide bonds. The predicted molar refractivity (Wildman–Crippen MR) is 74.3 cm³/mol. The van der Waals surface area contributed by atoms with Crippen molar-refractivity contribution in [3.8, 4) is 5.75 Å².